The Hall–Kier alpha value is -3.43. The topological polar surface area (TPSA) is 71.8 Å². The zero-order valence-electron chi connectivity index (χ0n) is 17.0. The molecule has 2 aromatic heterocycles. The molecule has 0 amide bonds. The standard InChI is InChI=1S/C22H21F4N5O/c23-15-4-1-5-16(12-15)29-21-28-13-17(14-7-8-14)19(30-21)27-9-3-11-31-10-2-6-18(20(31)32)22(24,25)26/h1-2,4-6,10,12-14H,3,7-9,11H2,(H2,27,28,29,30). The summed E-state index contributed by atoms with van der Waals surface area (Å²) in [5, 5.41) is 6.17. The maximum absolute atomic E-state index is 13.4. The molecule has 0 bridgehead atoms. The number of alkyl halides is 3. The predicted molar refractivity (Wildman–Crippen MR) is 113 cm³/mol. The van der Waals surface area contributed by atoms with Crippen molar-refractivity contribution in [2.45, 2.75) is 37.9 Å². The van der Waals surface area contributed by atoms with E-state index in [1.54, 1.807) is 18.3 Å². The number of aryl methyl sites for hydroxylation is 1. The van der Waals surface area contributed by atoms with Gasteiger partial charge in [-0.25, -0.2) is 9.37 Å². The second kappa shape index (κ2) is 8.97. The first kappa shape index (κ1) is 21.8. The number of aromatic nitrogens is 3. The maximum Gasteiger partial charge on any atom is 0.421 e. The normalized spacial score (nSPS) is 13.8. The lowest BCUT2D eigenvalue weighted by Gasteiger charge is -2.14. The minimum atomic E-state index is -4.68. The van der Waals surface area contributed by atoms with E-state index in [9.17, 15) is 22.4 Å². The summed E-state index contributed by atoms with van der Waals surface area (Å²) in [6.45, 7) is 0.535. The molecule has 168 valence electrons. The van der Waals surface area contributed by atoms with Crippen molar-refractivity contribution < 1.29 is 17.6 Å². The van der Waals surface area contributed by atoms with Crippen LogP contribution in [0.2, 0.25) is 0 Å². The van der Waals surface area contributed by atoms with Crippen molar-refractivity contribution >= 4 is 17.5 Å². The average Bonchev–Trinajstić information content (AvgIpc) is 3.57. The van der Waals surface area contributed by atoms with Crippen molar-refractivity contribution in [3.8, 4) is 0 Å². The summed E-state index contributed by atoms with van der Waals surface area (Å²) >= 11 is 0. The Morgan fingerprint density at radius 3 is 2.69 bits per heavy atom. The fourth-order valence-corrected chi connectivity index (χ4v) is 3.37. The van der Waals surface area contributed by atoms with Gasteiger partial charge in [0.05, 0.1) is 0 Å². The van der Waals surface area contributed by atoms with Crippen LogP contribution in [0.25, 0.3) is 0 Å². The molecule has 1 aliphatic rings. The number of halogens is 4. The van der Waals surface area contributed by atoms with Crippen LogP contribution < -0.4 is 16.2 Å². The summed E-state index contributed by atoms with van der Waals surface area (Å²) in [5.74, 6) is 0.911. The van der Waals surface area contributed by atoms with E-state index in [2.05, 4.69) is 20.6 Å². The van der Waals surface area contributed by atoms with Crippen LogP contribution in [0.5, 0.6) is 0 Å². The first-order valence-electron chi connectivity index (χ1n) is 10.2. The Labute approximate surface area is 181 Å². The van der Waals surface area contributed by atoms with E-state index in [0.29, 0.717) is 36.3 Å². The van der Waals surface area contributed by atoms with Gasteiger partial charge in [0.25, 0.3) is 5.56 Å². The van der Waals surface area contributed by atoms with E-state index in [4.69, 9.17) is 0 Å². The van der Waals surface area contributed by atoms with Gasteiger partial charge in [-0.2, -0.15) is 18.2 Å². The van der Waals surface area contributed by atoms with Gasteiger partial charge in [-0.3, -0.25) is 4.79 Å². The van der Waals surface area contributed by atoms with Crippen LogP contribution in [0.15, 0.2) is 53.6 Å². The van der Waals surface area contributed by atoms with E-state index in [-0.39, 0.29) is 12.4 Å². The van der Waals surface area contributed by atoms with Gasteiger partial charge >= 0.3 is 6.18 Å². The quantitative estimate of drug-likeness (QED) is 0.379. The van der Waals surface area contributed by atoms with Gasteiger partial charge in [-0.1, -0.05) is 6.07 Å². The number of rotatable bonds is 8. The molecule has 0 radical (unpaired) electrons. The maximum atomic E-state index is 13.4. The van der Waals surface area contributed by atoms with Crippen LogP contribution in [-0.4, -0.2) is 21.1 Å². The molecule has 1 saturated carbocycles. The molecule has 0 atom stereocenters. The molecule has 2 heterocycles. The van der Waals surface area contributed by atoms with Crippen molar-refractivity contribution in [2.75, 3.05) is 17.2 Å². The monoisotopic (exact) mass is 447 g/mol. The molecule has 6 nitrogen and oxygen atoms in total. The first-order valence-corrected chi connectivity index (χ1v) is 10.2. The van der Waals surface area contributed by atoms with E-state index in [1.165, 1.54) is 24.4 Å². The fraction of sp³-hybridized carbons (Fsp3) is 0.318. The highest BCUT2D eigenvalue weighted by atomic mass is 19.4. The molecule has 4 rings (SSSR count). The molecule has 10 heteroatoms. The highest BCUT2D eigenvalue weighted by Gasteiger charge is 2.34. The molecule has 3 aromatic rings. The van der Waals surface area contributed by atoms with Crippen LogP contribution in [-0.2, 0) is 12.7 Å². The molecule has 2 N–H and O–H groups in total. The zero-order valence-corrected chi connectivity index (χ0v) is 17.0. The number of nitrogens with zero attached hydrogens (tertiary/aromatic N) is 3. The number of hydrogen-bond acceptors (Lipinski definition) is 5. The number of nitrogens with one attached hydrogen (secondary N) is 2. The second-order valence-corrected chi connectivity index (χ2v) is 7.61. The SMILES string of the molecule is O=c1c(C(F)(F)F)cccn1CCCNc1nc(Nc2cccc(F)c2)ncc1C1CC1. The summed E-state index contributed by atoms with van der Waals surface area (Å²) in [6.07, 6.45) is 0.888. The Balaban J connectivity index is 1.42. The predicted octanol–water partition coefficient (Wildman–Crippen LogP) is 4.92. The minimum Gasteiger partial charge on any atom is -0.370 e. The third-order valence-electron chi connectivity index (χ3n) is 5.11. The Morgan fingerprint density at radius 2 is 1.97 bits per heavy atom. The second-order valence-electron chi connectivity index (χ2n) is 7.61. The molecule has 0 saturated heterocycles. The van der Waals surface area contributed by atoms with Gasteiger partial charge < -0.3 is 15.2 Å². The summed E-state index contributed by atoms with van der Waals surface area (Å²) in [5.41, 5.74) is -0.750. The number of pyridine rings is 1. The molecule has 1 aliphatic carbocycles. The van der Waals surface area contributed by atoms with E-state index in [0.717, 1.165) is 29.0 Å². The lowest BCUT2D eigenvalue weighted by Crippen LogP contribution is -2.28. The Bertz CT molecular complexity index is 1160. The fourth-order valence-electron chi connectivity index (χ4n) is 3.37. The molecule has 1 aromatic carbocycles. The van der Waals surface area contributed by atoms with Crippen molar-refractivity contribution in [1.82, 2.24) is 14.5 Å². The lowest BCUT2D eigenvalue weighted by atomic mass is 10.2. The van der Waals surface area contributed by atoms with E-state index < -0.39 is 17.3 Å². The number of benzene rings is 1. The molecule has 0 unspecified atom stereocenters. The molecule has 1 fully saturated rings. The van der Waals surface area contributed by atoms with Gasteiger partial charge in [-0.05, 0) is 55.5 Å². The zero-order chi connectivity index (χ0) is 22.7. The van der Waals surface area contributed by atoms with Crippen LogP contribution >= 0.6 is 0 Å². The highest BCUT2D eigenvalue weighted by molar-refractivity contribution is 5.57. The van der Waals surface area contributed by atoms with Crippen LogP contribution in [0, 0.1) is 5.82 Å². The van der Waals surface area contributed by atoms with Crippen molar-refractivity contribution in [1.29, 1.82) is 0 Å². The molecular formula is C22H21F4N5O. The van der Waals surface area contributed by atoms with Crippen molar-refractivity contribution in [3.63, 3.8) is 0 Å². The highest BCUT2D eigenvalue weighted by Crippen LogP contribution is 2.42. The van der Waals surface area contributed by atoms with Gasteiger partial charge in [0.15, 0.2) is 0 Å². The number of anilines is 3. The third kappa shape index (κ3) is 5.24. The van der Waals surface area contributed by atoms with Gasteiger partial charge in [-0.15, -0.1) is 0 Å². The van der Waals surface area contributed by atoms with Gasteiger partial charge in [0, 0.05) is 36.7 Å². The molecule has 0 spiro atoms. The summed E-state index contributed by atoms with van der Waals surface area (Å²) in [4.78, 5) is 20.8. The third-order valence-corrected chi connectivity index (χ3v) is 5.11. The van der Waals surface area contributed by atoms with Crippen LogP contribution in [0.4, 0.5) is 35.0 Å². The van der Waals surface area contributed by atoms with E-state index >= 15 is 0 Å². The van der Waals surface area contributed by atoms with Crippen molar-refractivity contribution in [2.24, 2.45) is 0 Å². The lowest BCUT2D eigenvalue weighted by molar-refractivity contribution is -0.139. The smallest absolute Gasteiger partial charge is 0.370 e. The van der Waals surface area contributed by atoms with Crippen LogP contribution in [0.1, 0.15) is 36.3 Å². The molecule has 32 heavy (non-hydrogen) atoms. The van der Waals surface area contributed by atoms with Crippen LogP contribution in [0.3, 0.4) is 0 Å². The van der Waals surface area contributed by atoms with Crippen molar-refractivity contribution in [3.05, 3.63) is 76.1 Å². The minimum absolute atomic E-state index is 0.133. The molecule has 0 aliphatic heterocycles. The van der Waals surface area contributed by atoms with Gasteiger partial charge in [0.1, 0.15) is 17.2 Å². The summed E-state index contributed by atoms with van der Waals surface area (Å²) < 4.78 is 53.2. The summed E-state index contributed by atoms with van der Waals surface area (Å²) in [7, 11) is 0. The average molecular weight is 447 g/mol. The number of hydrogen-bond donors (Lipinski definition) is 2. The van der Waals surface area contributed by atoms with Gasteiger partial charge in [0.2, 0.25) is 5.95 Å². The largest absolute Gasteiger partial charge is 0.421 e. The Kier molecular flexibility index (Phi) is 6.11. The Morgan fingerprint density at radius 1 is 1.16 bits per heavy atom. The molecular weight excluding hydrogens is 426 g/mol. The van der Waals surface area contributed by atoms with E-state index in [1.807, 2.05) is 0 Å². The first-order chi connectivity index (χ1) is 15.3. The summed E-state index contributed by atoms with van der Waals surface area (Å²) in [6, 6.07) is 7.94.